The van der Waals surface area contributed by atoms with E-state index in [9.17, 15) is 4.79 Å². The molecule has 1 heterocycles. The van der Waals surface area contributed by atoms with Crippen molar-refractivity contribution in [3.8, 4) is 11.5 Å². The molecule has 0 saturated heterocycles. The second-order valence-corrected chi connectivity index (χ2v) is 4.29. The van der Waals surface area contributed by atoms with Gasteiger partial charge in [0.25, 0.3) is 0 Å². The zero-order chi connectivity index (χ0) is 12.1. The van der Waals surface area contributed by atoms with Gasteiger partial charge in [0.05, 0.1) is 0 Å². The van der Waals surface area contributed by atoms with Gasteiger partial charge in [0, 0.05) is 12.8 Å². The largest absolute Gasteiger partial charge is 0.454 e. The van der Waals surface area contributed by atoms with Crippen LogP contribution in [0.4, 0.5) is 0 Å². The third-order valence-corrected chi connectivity index (χ3v) is 3.00. The molecule has 0 amide bonds. The Bertz CT molecular complexity index is 398. The van der Waals surface area contributed by atoms with Crippen molar-refractivity contribution >= 4 is 5.78 Å². The second kappa shape index (κ2) is 5.71. The van der Waals surface area contributed by atoms with Gasteiger partial charge >= 0.3 is 0 Å². The number of rotatable bonds is 6. The molecule has 0 N–H and O–H groups in total. The zero-order valence-corrected chi connectivity index (χ0v) is 10.2. The molecule has 17 heavy (non-hydrogen) atoms. The first-order valence-corrected chi connectivity index (χ1v) is 6.20. The highest BCUT2D eigenvalue weighted by atomic mass is 16.7. The zero-order valence-electron chi connectivity index (χ0n) is 10.2. The van der Waals surface area contributed by atoms with E-state index in [-0.39, 0.29) is 0 Å². The predicted octanol–water partition coefficient (Wildman–Crippen LogP) is 3.11. The van der Waals surface area contributed by atoms with Gasteiger partial charge in [0.1, 0.15) is 5.78 Å². The van der Waals surface area contributed by atoms with Crippen LogP contribution in [0.15, 0.2) is 18.2 Å². The van der Waals surface area contributed by atoms with E-state index < -0.39 is 0 Å². The highest BCUT2D eigenvalue weighted by molar-refractivity contribution is 5.77. The van der Waals surface area contributed by atoms with Crippen LogP contribution < -0.4 is 9.47 Å². The summed E-state index contributed by atoms with van der Waals surface area (Å²) in [5.74, 6) is 2.03. The smallest absolute Gasteiger partial charge is 0.231 e. The molecule has 1 aromatic rings. The Balaban J connectivity index is 1.78. The fourth-order valence-electron chi connectivity index (χ4n) is 1.92. The summed E-state index contributed by atoms with van der Waals surface area (Å²) in [4.78, 5) is 11.1. The number of fused-ring (bicyclic) bond motifs is 1. The van der Waals surface area contributed by atoms with Gasteiger partial charge in [-0.05, 0) is 37.0 Å². The Labute approximate surface area is 102 Å². The summed E-state index contributed by atoms with van der Waals surface area (Å²) in [6.45, 7) is 2.24. The standard InChI is InChI=1S/C14H18O3/c1-2-12(15)6-4-3-5-11-7-8-13-14(9-11)17-10-16-13/h7-9H,2-6,10H2,1H3. The van der Waals surface area contributed by atoms with Crippen molar-refractivity contribution in [2.24, 2.45) is 0 Å². The highest BCUT2D eigenvalue weighted by Crippen LogP contribution is 2.32. The van der Waals surface area contributed by atoms with E-state index in [1.807, 2.05) is 19.1 Å². The average molecular weight is 234 g/mol. The third-order valence-electron chi connectivity index (χ3n) is 3.00. The molecule has 1 aromatic carbocycles. The summed E-state index contributed by atoms with van der Waals surface area (Å²) in [6.07, 6.45) is 4.38. The molecule has 1 aliphatic rings. The van der Waals surface area contributed by atoms with Crippen LogP contribution in [0, 0.1) is 0 Å². The minimum Gasteiger partial charge on any atom is -0.454 e. The molecule has 0 radical (unpaired) electrons. The normalized spacial score (nSPS) is 12.8. The quantitative estimate of drug-likeness (QED) is 0.709. The Morgan fingerprint density at radius 1 is 1.24 bits per heavy atom. The van der Waals surface area contributed by atoms with Crippen LogP contribution >= 0.6 is 0 Å². The van der Waals surface area contributed by atoms with E-state index in [4.69, 9.17) is 9.47 Å². The molecule has 3 nitrogen and oxygen atoms in total. The number of Topliss-reactive ketones (excluding diaryl/α,β-unsaturated/α-hetero) is 1. The summed E-state index contributed by atoms with van der Waals surface area (Å²) in [6, 6.07) is 6.05. The first-order chi connectivity index (χ1) is 8.29. The SMILES string of the molecule is CCC(=O)CCCCc1ccc2c(c1)OCO2. The number of ketones is 1. The fraction of sp³-hybridized carbons (Fsp3) is 0.500. The van der Waals surface area contributed by atoms with Gasteiger partial charge in [0.15, 0.2) is 11.5 Å². The van der Waals surface area contributed by atoms with E-state index in [1.54, 1.807) is 0 Å². The van der Waals surface area contributed by atoms with E-state index in [2.05, 4.69) is 6.07 Å². The minimum absolute atomic E-state index is 0.323. The first kappa shape index (κ1) is 12.0. The van der Waals surface area contributed by atoms with Crippen LogP contribution in [0.2, 0.25) is 0 Å². The first-order valence-electron chi connectivity index (χ1n) is 6.20. The maximum absolute atomic E-state index is 11.1. The molecule has 0 fully saturated rings. The number of hydrogen-bond donors (Lipinski definition) is 0. The molecule has 0 unspecified atom stereocenters. The van der Waals surface area contributed by atoms with Crippen molar-refractivity contribution in [2.45, 2.75) is 39.0 Å². The van der Waals surface area contributed by atoms with Crippen molar-refractivity contribution in [2.75, 3.05) is 6.79 Å². The number of carbonyl (C=O) groups is 1. The summed E-state index contributed by atoms with van der Waals surface area (Å²) in [5, 5.41) is 0. The topological polar surface area (TPSA) is 35.5 Å². The summed E-state index contributed by atoms with van der Waals surface area (Å²) in [7, 11) is 0. The van der Waals surface area contributed by atoms with Gasteiger partial charge in [-0.25, -0.2) is 0 Å². The molecule has 0 aromatic heterocycles. The van der Waals surface area contributed by atoms with E-state index in [0.717, 1.165) is 30.8 Å². The maximum Gasteiger partial charge on any atom is 0.231 e. The van der Waals surface area contributed by atoms with Crippen molar-refractivity contribution in [3.05, 3.63) is 23.8 Å². The molecule has 3 heteroatoms. The molecule has 0 atom stereocenters. The van der Waals surface area contributed by atoms with Gasteiger partial charge in [-0.1, -0.05) is 13.0 Å². The van der Waals surface area contributed by atoms with Crippen LogP contribution in [-0.4, -0.2) is 12.6 Å². The van der Waals surface area contributed by atoms with Crippen LogP contribution in [0.25, 0.3) is 0 Å². The number of ether oxygens (including phenoxy) is 2. The molecular formula is C14H18O3. The maximum atomic E-state index is 11.1. The monoisotopic (exact) mass is 234 g/mol. The lowest BCUT2D eigenvalue weighted by molar-refractivity contribution is -0.118. The van der Waals surface area contributed by atoms with Crippen LogP contribution in [0.3, 0.4) is 0 Å². The molecule has 0 spiro atoms. The predicted molar refractivity (Wildman–Crippen MR) is 65.4 cm³/mol. The van der Waals surface area contributed by atoms with E-state index in [1.165, 1.54) is 5.56 Å². The van der Waals surface area contributed by atoms with Crippen molar-refractivity contribution in [3.63, 3.8) is 0 Å². The number of benzene rings is 1. The third kappa shape index (κ3) is 3.22. The van der Waals surface area contributed by atoms with Crippen molar-refractivity contribution in [1.29, 1.82) is 0 Å². The molecule has 0 bridgehead atoms. The van der Waals surface area contributed by atoms with E-state index >= 15 is 0 Å². The summed E-state index contributed by atoms with van der Waals surface area (Å²) in [5.41, 5.74) is 1.25. The van der Waals surface area contributed by atoms with Gasteiger partial charge in [0.2, 0.25) is 6.79 Å². The molecule has 0 saturated carbocycles. The molecule has 1 aliphatic heterocycles. The average Bonchev–Trinajstić information content (AvgIpc) is 2.81. The lowest BCUT2D eigenvalue weighted by atomic mass is 10.0. The highest BCUT2D eigenvalue weighted by Gasteiger charge is 2.12. The molecule has 92 valence electrons. The van der Waals surface area contributed by atoms with Gasteiger partial charge in [-0.3, -0.25) is 4.79 Å². The summed E-state index contributed by atoms with van der Waals surface area (Å²) >= 11 is 0. The lowest BCUT2D eigenvalue weighted by Gasteiger charge is -2.03. The number of aryl methyl sites for hydroxylation is 1. The minimum atomic E-state index is 0.323. The lowest BCUT2D eigenvalue weighted by Crippen LogP contribution is -1.95. The van der Waals surface area contributed by atoms with Gasteiger partial charge in [-0.15, -0.1) is 0 Å². The van der Waals surface area contributed by atoms with Gasteiger partial charge in [-0.2, -0.15) is 0 Å². The van der Waals surface area contributed by atoms with Crippen LogP contribution in [0.5, 0.6) is 11.5 Å². The van der Waals surface area contributed by atoms with Crippen molar-refractivity contribution < 1.29 is 14.3 Å². The van der Waals surface area contributed by atoms with Crippen molar-refractivity contribution in [1.82, 2.24) is 0 Å². The van der Waals surface area contributed by atoms with Crippen LogP contribution in [0.1, 0.15) is 38.2 Å². The molecule has 0 aliphatic carbocycles. The number of hydrogen-bond acceptors (Lipinski definition) is 3. The molecular weight excluding hydrogens is 216 g/mol. The Morgan fingerprint density at radius 3 is 2.88 bits per heavy atom. The molecule has 2 rings (SSSR count). The van der Waals surface area contributed by atoms with Gasteiger partial charge < -0.3 is 9.47 Å². The van der Waals surface area contributed by atoms with Crippen LogP contribution in [-0.2, 0) is 11.2 Å². The fourth-order valence-corrected chi connectivity index (χ4v) is 1.92. The second-order valence-electron chi connectivity index (χ2n) is 4.29. The number of carbonyl (C=O) groups excluding carboxylic acids is 1. The Morgan fingerprint density at radius 2 is 2.06 bits per heavy atom. The Kier molecular flexibility index (Phi) is 4.02. The van der Waals surface area contributed by atoms with E-state index in [0.29, 0.717) is 25.4 Å². The number of unbranched alkanes of at least 4 members (excludes halogenated alkanes) is 1. The summed E-state index contributed by atoms with van der Waals surface area (Å²) < 4.78 is 10.6. The Hall–Kier alpha value is -1.51.